The number of rotatable bonds is 2. The molecule has 0 aromatic carbocycles. The molecule has 1 aliphatic rings. The first kappa shape index (κ1) is 13.9. The van der Waals surface area contributed by atoms with Crippen molar-refractivity contribution < 1.29 is 6.11 Å². The van der Waals surface area contributed by atoms with Crippen LogP contribution in [0.1, 0.15) is 15.2 Å². The highest BCUT2D eigenvalue weighted by atomic mass is 16.5. The summed E-state index contributed by atoms with van der Waals surface area (Å²) in [6, 6.07) is 11.6. The number of aromatic nitrogens is 3. The molecule has 5 heteroatoms. The quantitative estimate of drug-likeness (QED) is 0.725. The van der Waals surface area contributed by atoms with Crippen LogP contribution in [0.5, 0.6) is 0 Å². The molecule has 122 valence electrons. The van der Waals surface area contributed by atoms with E-state index >= 15 is 0 Å². The van der Waals surface area contributed by atoms with Gasteiger partial charge in [-0.25, -0.2) is 9.97 Å². The number of anilines is 1. The van der Waals surface area contributed by atoms with Crippen molar-refractivity contribution in [2.24, 2.45) is 0 Å². The second kappa shape index (κ2) is 6.17. The lowest BCUT2D eigenvalue weighted by molar-refractivity contribution is -0.00545. The fourth-order valence-electron chi connectivity index (χ4n) is 3.17. The van der Waals surface area contributed by atoms with Crippen molar-refractivity contribution in [3.8, 4) is 11.4 Å². The molecule has 3 aromatic heterocycles. The Morgan fingerprint density at radius 2 is 1.83 bits per heavy atom. The van der Waals surface area contributed by atoms with Crippen molar-refractivity contribution in [1.29, 1.82) is 0 Å². The van der Waals surface area contributed by atoms with Crippen LogP contribution in [0.3, 0.4) is 0 Å². The van der Waals surface area contributed by atoms with Crippen molar-refractivity contribution >= 4 is 16.7 Å². The molecule has 0 amide bonds. The fraction of sp³-hybridized carbons (Fsp3) is 0.316. The molecule has 24 heavy (non-hydrogen) atoms. The zero-order valence-corrected chi connectivity index (χ0v) is 13.8. The number of nitrogens with zero attached hydrogens (tertiary/aromatic N) is 4. The molecule has 2 atom stereocenters. The Morgan fingerprint density at radius 3 is 2.67 bits per heavy atom. The maximum atomic E-state index is 7.67. The first-order valence-electron chi connectivity index (χ1n) is 8.70. The van der Waals surface area contributed by atoms with Crippen LogP contribution in [-0.2, 0) is 4.74 Å². The number of hydrogen-bond donors (Lipinski definition) is 0. The number of pyridine rings is 3. The zero-order chi connectivity index (χ0) is 17.4. The van der Waals surface area contributed by atoms with Gasteiger partial charge in [-0.1, -0.05) is 6.07 Å². The predicted octanol–water partition coefficient (Wildman–Crippen LogP) is 3.31. The molecule has 1 fully saturated rings. The van der Waals surface area contributed by atoms with Crippen molar-refractivity contribution in [2.75, 3.05) is 18.0 Å². The van der Waals surface area contributed by atoms with Crippen molar-refractivity contribution in [2.45, 2.75) is 26.1 Å². The first-order chi connectivity index (χ1) is 12.1. The van der Waals surface area contributed by atoms with Gasteiger partial charge in [0.1, 0.15) is 5.82 Å². The molecule has 0 aliphatic carbocycles. The van der Waals surface area contributed by atoms with Crippen LogP contribution in [0.15, 0.2) is 48.8 Å². The molecule has 0 unspecified atom stereocenters. The molecule has 0 radical (unpaired) electrons. The molecule has 1 saturated heterocycles. The molecule has 4 rings (SSSR count). The summed E-state index contributed by atoms with van der Waals surface area (Å²) in [5.74, 6) is 0.942. The van der Waals surface area contributed by atoms with E-state index in [-0.39, 0.29) is 18.4 Å². The van der Waals surface area contributed by atoms with E-state index in [1.165, 1.54) is 0 Å². The van der Waals surface area contributed by atoms with Gasteiger partial charge < -0.3 is 9.64 Å². The Kier molecular flexibility index (Phi) is 3.56. The van der Waals surface area contributed by atoms with Crippen LogP contribution in [0.2, 0.25) is 0 Å². The number of ether oxygens (including phenoxy) is 1. The highest BCUT2D eigenvalue weighted by Crippen LogP contribution is 2.23. The van der Waals surface area contributed by atoms with Crippen LogP contribution in [0, 0.1) is 0 Å². The molecule has 5 nitrogen and oxygen atoms in total. The minimum absolute atomic E-state index is 0.191. The van der Waals surface area contributed by atoms with Gasteiger partial charge in [-0.15, -0.1) is 0 Å². The van der Waals surface area contributed by atoms with Crippen LogP contribution in [0.25, 0.3) is 22.3 Å². The van der Waals surface area contributed by atoms with Crippen molar-refractivity contribution in [1.82, 2.24) is 15.0 Å². The number of hydrogen-bond acceptors (Lipinski definition) is 5. The van der Waals surface area contributed by atoms with Gasteiger partial charge in [0.15, 0.2) is 0 Å². The second-order valence-electron chi connectivity index (χ2n) is 6.25. The Hall–Kier alpha value is -2.53. The molecule has 4 heterocycles. The minimum atomic E-state index is 0.191. The molecule has 0 saturated carbocycles. The molecule has 1 aliphatic heterocycles. The molecule has 3 aromatic rings. The van der Waals surface area contributed by atoms with E-state index in [1.54, 1.807) is 12.3 Å². The van der Waals surface area contributed by atoms with E-state index in [1.807, 2.05) is 30.3 Å². The van der Waals surface area contributed by atoms with Gasteiger partial charge in [-0.3, -0.25) is 4.98 Å². The smallest absolute Gasteiger partial charge is 0.129 e. The van der Waals surface area contributed by atoms with Crippen LogP contribution >= 0.6 is 0 Å². The normalized spacial score (nSPS) is 21.8. The highest BCUT2D eigenvalue weighted by Gasteiger charge is 2.23. The van der Waals surface area contributed by atoms with Gasteiger partial charge in [0.2, 0.25) is 0 Å². The molecule has 0 spiro atoms. The standard InChI is InChI=1S/C19H20N4O/c1-13-11-23(12-14(2)24-13)19-5-3-4-17(22-19)18-7-6-15-10-20-9-8-16(15)21-18/h3-10,13-14H,11-12H2,1-2H3/t13-,14+/i9D. The second-order valence-corrected chi connectivity index (χ2v) is 6.25. The molecule has 0 N–H and O–H groups in total. The lowest BCUT2D eigenvalue weighted by Gasteiger charge is -2.36. The van der Waals surface area contributed by atoms with Gasteiger partial charge in [0, 0.05) is 30.8 Å². The average Bonchev–Trinajstić information content (AvgIpc) is 2.60. The van der Waals surface area contributed by atoms with Gasteiger partial charge in [-0.05, 0) is 44.2 Å². The Bertz CT molecular complexity index is 907. The van der Waals surface area contributed by atoms with Gasteiger partial charge in [0.25, 0.3) is 0 Å². The van der Waals surface area contributed by atoms with Crippen molar-refractivity contribution in [3.63, 3.8) is 0 Å². The predicted molar refractivity (Wildman–Crippen MR) is 95.0 cm³/mol. The Balaban J connectivity index is 1.69. The highest BCUT2D eigenvalue weighted by molar-refractivity contribution is 5.80. The van der Waals surface area contributed by atoms with Crippen LogP contribution in [0.4, 0.5) is 5.82 Å². The van der Waals surface area contributed by atoms with Gasteiger partial charge >= 0.3 is 0 Å². The summed E-state index contributed by atoms with van der Waals surface area (Å²) in [6.07, 6.45) is 2.27. The maximum Gasteiger partial charge on any atom is 0.129 e. The summed E-state index contributed by atoms with van der Waals surface area (Å²) in [4.78, 5) is 15.7. The minimum Gasteiger partial charge on any atom is -0.372 e. The summed E-state index contributed by atoms with van der Waals surface area (Å²) in [5, 5.41) is 0.923. The third kappa shape index (κ3) is 2.95. The Morgan fingerprint density at radius 1 is 1.04 bits per heavy atom. The van der Waals surface area contributed by atoms with E-state index in [9.17, 15) is 0 Å². The number of fused-ring (bicyclic) bond motifs is 1. The first-order valence-corrected chi connectivity index (χ1v) is 8.20. The summed E-state index contributed by atoms with van der Waals surface area (Å²) >= 11 is 0. The lowest BCUT2D eigenvalue weighted by atomic mass is 10.2. The average molecular weight is 321 g/mol. The number of morpholine rings is 1. The van der Waals surface area contributed by atoms with Gasteiger partial charge in [0.05, 0.1) is 30.5 Å². The molecular weight excluding hydrogens is 300 g/mol. The monoisotopic (exact) mass is 321 g/mol. The molecular formula is C19H20N4O. The van der Waals surface area contributed by atoms with E-state index in [0.29, 0.717) is 0 Å². The van der Waals surface area contributed by atoms with Crippen LogP contribution < -0.4 is 4.90 Å². The van der Waals surface area contributed by atoms with E-state index in [2.05, 4.69) is 28.7 Å². The maximum absolute atomic E-state index is 7.67. The zero-order valence-electron chi connectivity index (χ0n) is 14.8. The largest absolute Gasteiger partial charge is 0.372 e. The summed E-state index contributed by atoms with van der Waals surface area (Å²) in [6.45, 7) is 5.84. The topological polar surface area (TPSA) is 51.1 Å². The van der Waals surface area contributed by atoms with E-state index < -0.39 is 0 Å². The SMILES string of the molecule is [2H]c1cc2nc(-c3cccc(N4C[C@@H](C)O[C@@H](C)C4)n3)ccc2cn1. The van der Waals surface area contributed by atoms with E-state index in [0.717, 1.165) is 41.2 Å². The van der Waals surface area contributed by atoms with E-state index in [4.69, 9.17) is 11.1 Å². The molecule has 0 bridgehead atoms. The summed E-state index contributed by atoms with van der Waals surface area (Å²) in [7, 11) is 0. The van der Waals surface area contributed by atoms with Gasteiger partial charge in [-0.2, -0.15) is 0 Å². The summed E-state index contributed by atoms with van der Waals surface area (Å²) < 4.78 is 13.5. The van der Waals surface area contributed by atoms with Crippen LogP contribution in [-0.4, -0.2) is 40.2 Å². The third-order valence-electron chi connectivity index (χ3n) is 4.18. The fourth-order valence-corrected chi connectivity index (χ4v) is 3.17. The lowest BCUT2D eigenvalue weighted by Crippen LogP contribution is -2.45. The van der Waals surface area contributed by atoms with Crippen molar-refractivity contribution in [3.05, 3.63) is 48.8 Å². The Labute approximate surface area is 142 Å². The third-order valence-corrected chi connectivity index (χ3v) is 4.18. The summed E-state index contributed by atoms with van der Waals surface area (Å²) in [5.41, 5.74) is 2.39.